The van der Waals surface area contributed by atoms with Crippen LogP contribution in [0.25, 0.3) is 0 Å². The number of aliphatic hydroxyl groups is 1. The smallest absolute Gasteiger partial charge is 0.248 e. The molecule has 0 aliphatic carbocycles. The summed E-state index contributed by atoms with van der Waals surface area (Å²) >= 11 is 0. The van der Waals surface area contributed by atoms with Crippen molar-refractivity contribution in [2.45, 2.75) is 32.1 Å². The van der Waals surface area contributed by atoms with Gasteiger partial charge in [0, 0.05) is 12.2 Å². The van der Waals surface area contributed by atoms with E-state index in [2.05, 4.69) is 11.9 Å². The zero-order valence-corrected chi connectivity index (χ0v) is 7.75. The second-order valence-electron chi connectivity index (χ2n) is 3.25. The molecule has 4 heteroatoms. The van der Waals surface area contributed by atoms with Gasteiger partial charge in [-0.2, -0.15) is 0 Å². The average Bonchev–Trinajstić information content (AvgIpc) is 2.55. The summed E-state index contributed by atoms with van der Waals surface area (Å²) in [4.78, 5) is 11.1. The molecule has 2 unspecified atom stereocenters. The minimum atomic E-state index is -0.910. The van der Waals surface area contributed by atoms with Crippen molar-refractivity contribution in [1.82, 2.24) is 5.32 Å². The predicted molar refractivity (Wildman–Crippen MR) is 47.9 cm³/mol. The van der Waals surface area contributed by atoms with Gasteiger partial charge in [0.25, 0.3) is 0 Å². The third-order valence-electron chi connectivity index (χ3n) is 1.98. The Morgan fingerprint density at radius 2 is 2.46 bits per heavy atom. The van der Waals surface area contributed by atoms with Crippen molar-refractivity contribution in [2.24, 2.45) is 0 Å². The minimum absolute atomic E-state index is 0.261. The number of aliphatic hydroxyl groups excluding tert-OH is 1. The lowest BCUT2D eigenvalue weighted by Crippen LogP contribution is -2.43. The van der Waals surface area contributed by atoms with E-state index in [1.807, 2.05) is 0 Å². The van der Waals surface area contributed by atoms with Crippen molar-refractivity contribution in [2.75, 3.05) is 6.61 Å². The lowest BCUT2D eigenvalue weighted by molar-refractivity contribution is -0.123. The quantitative estimate of drug-likeness (QED) is 0.487. The van der Waals surface area contributed by atoms with Crippen molar-refractivity contribution in [1.29, 1.82) is 0 Å². The first-order valence-corrected chi connectivity index (χ1v) is 4.37. The molecule has 2 atom stereocenters. The highest BCUT2D eigenvalue weighted by Gasteiger charge is 2.25. The summed E-state index contributed by atoms with van der Waals surface area (Å²) in [6, 6.07) is 0. The van der Waals surface area contributed by atoms with Gasteiger partial charge in [-0.15, -0.1) is 0 Å². The molecule has 0 aromatic heterocycles. The maximum atomic E-state index is 11.1. The summed E-state index contributed by atoms with van der Waals surface area (Å²) in [6.45, 7) is 5.72. The van der Waals surface area contributed by atoms with Crippen LogP contribution in [0.2, 0.25) is 0 Å². The molecule has 0 aromatic rings. The van der Waals surface area contributed by atoms with Gasteiger partial charge in [0.05, 0.1) is 0 Å². The number of nitrogens with one attached hydrogen (secondary N) is 1. The molecule has 13 heavy (non-hydrogen) atoms. The number of rotatable bonds is 3. The molecule has 1 aliphatic rings. The molecule has 0 bridgehead atoms. The van der Waals surface area contributed by atoms with Crippen LogP contribution in [0.5, 0.6) is 0 Å². The number of amides is 1. The lowest BCUT2D eigenvalue weighted by atomic mass is 10.2. The Morgan fingerprint density at radius 3 is 2.92 bits per heavy atom. The average molecular weight is 185 g/mol. The molecule has 0 radical (unpaired) electrons. The SMILES string of the molecule is C=C(C)C(=O)NC(O)C1CCCO1. The van der Waals surface area contributed by atoms with E-state index in [4.69, 9.17) is 4.74 Å². The molecular formula is C9H15NO3. The van der Waals surface area contributed by atoms with Crippen molar-refractivity contribution >= 4 is 5.91 Å². The molecule has 1 rings (SSSR count). The molecular weight excluding hydrogens is 170 g/mol. The van der Waals surface area contributed by atoms with Gasteiger partial charge in [-0.3, -0.25) is 4.79 Å². The van der Waals surface area contributed by atoms with Gasteiger partial charge < -0.3 is 15.2 Å². The Labute approximate surface area is 77.6 Å². The van der Waals surface area contributed by atoms with Gasteiger partial charge >= 0.3 is 0 Å². The second kappa shape index (κ2) is 4.39. The fraction of sp³-hybridized carbons (Fsp3) is 0.667. The highest BCUT2D eigenvalue weighted by molar-refractivity contribution is 5.92. The van der Waals surface area contributed by atoms with Crippen LogP contribution in [-0.2, 0) is 9.53 Å². The number of hydrogen-bond acceptors (Lipinski definition) is 3. The largest absolute Gasteiger partial charge is 0.374 e. The molecule has 2 N–H and O–H groups in total. The second-order valence-corrected chi connectivity index (χ2v) is 3.25. The van der Waals surface area contributed by atoms with Crippen LogP contribution in [0.4, 0.5) is 0 Å². The topological polar surface area (TPSA) is 58.6 Å². The van der Waals surface area contributed by atoms with E-state index in [1.165, 1.54) is 0 Å². The van der Waals surface area contributed by atoms with Crippen molar-refractivity contribution < 1.29 is 14.6 Å². The summed E-state index contributed by atoms with van der Waals surface area (Å²) in [7, 11) is 0. The van der Waals surface area contributed by atoms with Crippen LogP contribution in [0.1, 0.15) is 19.8 Å². The summed E-state index contributed by atoms with van der Waals surface area (Å²) < 4.78 is 5.20. The third-order valence-corrected chi connectivity index (χ3v) is 1.98. The fourth-order valence-electron chi connectivity index (χ4n) is 1.20. The minimum Gasteiger partial charge on any atom is -0.374 e. The van der Waals surface area contributed by atoms with Crippen LogP contribution in [0, 0.1) is 0 Å². The zero-order valence-electron chi connectivity index (χ0n) is 7.75. The molecule has 1 fully saturated rings. The Kier molecular flexibility index (Phi) is 3.45. The highest BCUT2D eigenvalue weighted by Crippen LogP contribution is 2.14. The Hall–Kier alpha value is -0.870. The predicted octanol–water partition coefficient (Wildman–Crippen LogP) is 0.176. The van der Waals surface area contributed by atoms with E-state index in [9.17, 15) is 9.90 Å². The van der Waals surface area contributed by atoms with Crippen molar-refractivity contribution in [3.63, 3.8) is 0 Å². The number of hydrogen-bond donors (Lipinski definition) is 2. The van der Waals surface area contributed by atoms with E-state index in [0.717, 1.165) is 12.8 Å². The first-order valence-electron chi connectivity index (χ1n) is 4.37. The standard InChI is InChI=1S/C9H15NO3/c1-6(2)8(11)10-9(12)7-4-3-5-13-7/h7,9,12H,1,3-5H2,2H3,(H,10,11). The molecule has 0 aromatic carbocycles. The van der Waals surface area contributed by atoms with Crippen LogP contribution < -0.4 is 5.32 Å². The van der Waals surface area contributed by atoms with E-state index in [0.29, 0.717) is 12.2 Å². The van der Waals surface area contributed by atoms with Gasteiger partial charge in [0.1, 0.15) is 6.10 Å². The van der Waals surface area contributed by atoms with Gasteiger partial charge in [-0.1, -0.05) is 6.58 Å². The Morgan fingerprint density at radius 1 is 1.77 bits per heavy atom. The summed E-state index contributed by atoms with van der Waals surface area (Å²) in [5, 5.41) is 11.9. The molecule has 0 spiro atoms. The molecule has 4 nitrogen and oxygen atoms in total. The molecule has 1 amide bonds. The molecule has 0 saturated carbocycles. The third kappa shape index (κ3) is 2.82. The van der Waals surface area contributed by atoms with Gasteiger partial charge in [0.15, 0.2) is 6.23 Å². The number of ether oxygens (including phenoxy) is 1. The number of carbonyl (C=O) groups is 1. The van der Waals surface area contributed by atoms with E-state index in [1.54, 1.807) is 6.92 Å². The molecule has 74 valence electrons. The number of carbonyl (C=O) groups excluding carboxylic acids is 1. The van der Waals surface area contributed by atoms with Crippen molar-refractivity contribution in [3.05, 3.63) is 12.2 Å². The fourth-order valence-corrected chi connectivity index (χ4v) is 1.20. The van der Waals surface area contributed by atoms with Crippen LogP contribution in [-0.4, -0.2) is 30.0 Å². The molecule has 1 aliphatic heterocycles. The maximum absolute atomic E-state index is 11.1. The molecule has 1 saturated heterocycles. The lowest BCUT2D eigenvalue weighted by Gasteiger charge is -2.18. The summed E-state index contributed by atoms with van der Waals surface area (Å²) in [5.74, 6) is -0.331. The Bertz CT molecular complexity index is 209. The maximum Gasteiger partial charge on any atom is 0.248 e. The van der Waals surface area contributed by atoms with Crippen LogP contribution in [0.15, 0.2) is 12.2 Å². The van der Waals surface area contributed by atoms with Gasteiger partial charge in [0.2, 0.25) is 5.91 Å². The van der Waals surface area contributed by atoms with Crippen LogP contribution in [0.3, 0.4) is 0 Å². The van der Waals surface area contributed by atoms with E-state index >= 15 is 0 Å². The van der Waals surface area contributed by atoms with Gasteiger partial charge in [-0.05, 0) is 19.8 Å². The summed E-state index contributed by atoms with van der Waals surface area (Å²) in [6.07, 6.45) is 0.553. The first kappa shape index (κ1) is 10.2. The van der Waals surface area contributed by atoms with E-state index < -0.39 is 6.23 Å². The monoisotopic (exact) mass is 185 g/mol. The first-order chi connectivity index (χ1) is 6.11. The zero-order chi connectivity index (χ0) is 9.84. The molecule has 1 heterocycles. The summed E-state index contributed by atoms with van der Waals surface area (Å²) in [5.41, 5.74) is 0.386. The highest BCUT2D eigenvalue weighted by atomic mass is 16.5. The van der Waals surface area contributed by atoms with Gasteiger partial charge in [-0.25, -0.2) is 0 Å². The van der Waals surface area contributed by atoms with E-state index in [-0.39, 0.29) is 12.0 Å². The Balaban J connectivity index is 2.35. The van der Waals surface area contributed by atoms with Crippen molar-refractivity contribution in [3.8, 4) is 0 Å². The van der Waals surface area contributed by atoms with Crippen LogP contribution >= 0.6 is 0 Å². The normalized spacial score (nSPS) is 24.0.